The lowest BCUT2D eigenvalue weighted by Crippen LogP contribution is -2.73. The van der Waals surface area contributed by atoms with Crippen LogP contribution in [0.5, 0.6) is 5.88 Å². The van der Waals surface area contributed by atoms with Gasteiger partial charge in [0.15, 0.2) is 0 Å². The van der Waals surface area contributed by atoms with Crippen molar-refractivity contribution in [3.8, 4) is 17.0 Å². The summed E-state index contributed by atoms with van der Waals surface area (Å²) in [5.41, 5.74) is 0.00986. The molecular formula is C41H52F5N3O5. The highest BCUT2D eigenvalue weighted by Crippen LogP contribution is 2.56. The average Bonchev–Trinajstić information content (AvgIpc) is 3.74. The van der Waals surface area contributed by atoms with Crippen LogP contribution in [0.4, 0.5) is 32.4 Å². The number of rotatable bonds is 7. The van der Waals surface area contributed by atoms with Gasteiger partial charge in [-0.15, -0.1) is 0 Å². The molecule has 1 amide bonds. The summed E-state index contributed by atoms with van der Waals surface area (Å²) in [6.07, 6.45) is -0.163. The first-order valence-corrected chi connectivity index (χ1v) is 18.6. The maximum Gasteiger partial charge on any atom is 0.417 e. The standard InChI is InChI=1S/C33H32F5N3O3.C3H6O2.C3H8.C2H6/c1-31(2,3)44-30(42)41-16-32(17-41)14-40(15-32)21-4-5-22(28(35)10-21)24-8-20(27(34)11-26(24)33(36,37)38)13-43-29-9-19-6-18-7-23(18)25(19)12-39-29;1-2-5-3-4;1-3-2;1-2/h4-5,8-12,18,23H,6-7,13-17H2,1-3H3;3H,2H2,1H3;3H2,1-2H3;1-2H3. The Morgan fingerprint density at radius 2 is 1.63 bits per heavy atom. The van der Waals surface area contributed by atoms with Gasteiger partial charge in [-0.05, 0) is 99.4 Å². The molecule has 0 radical (unpaired) electrons. The van der Waals surface area contributed by atoms with Crippen LogP contribution in [0.25, 0.3) is 11.1 Å². The number of aromatic nitrogens is 1. The van der Waals surface area contributed by atoms with Gasteiger partial charge in [0.25, 0.3) is 6.47 Å². The Kier molecular flexibility index (Phi) is 13.6. The lowest BCUT2D eigenvalue weighted by molar-refractivity contribution is -0.137. The smallest absolute Gasteiger partial charge is 0.417 e. The van der Waals surface area contributed by atoms with Crippen LogP contribution in [0.3, 0.4) is 0 Å². The predicted octanol–water partition coefficient (Wildman–Crippen LogP) is 9.96. The molecule has 2 saturated heterocycles. The highest BCUT2D eigenvalue weighted by molar-refractivity contribution is 5.73. The maximum atomic E-state index is 15.5. The Bertz CT molecular complexity index is 1760. The van der Waals surface area contributed by atoms with E-state index in [4.69, 9.17) is 9.47 Å². The molecule has 2 unspecified atom stereocenters. The number of benzene rings is 2. The van der Waals surface area contributed by atoms with E-state index in [2.05, 4.69) is 23.6 Å². The van der Waals surface area contributed by atoms with Crippen LogP contribution in [-0.2, 0) is 33.5 Å². The van der Waals surface area contributed by atoms with E-state index in [9.17, 15) is 27.2 Å². The van der Waals surface area contributed by atoms with E-state index in [1.165, 1.54) is 30.5 Å². The molecule has 8 nitrogen and oxygen atoms in total. The number of hydrogen-bond acceptors (Lipinski definition) is 7. The molecule has 2 aliphatic heterocycles. The number of carbonyl (C=O) groups is 2. The number of halogens is 5. The summed E-state index contributed by atoms with van der Waals surface area (Å²) in [6, 6.07) is 7.28. The van der Waals surface area contributed by atoms with E-state index in [1.54, 1.807) is 50.9 Å². The van der Waals surface area contributed by atoms with E-state index in [0.29, 0.717) is 62.8 Å². The number of nitrogens with zero attached hydrogens (tertiary/aromatic N) is 3. The van der Waals surface area contributed by atoms with Gasteiger partial charge in [-0.1, -0.05) is 34.1 Å². The first-order valence-electron chi connectivity index (χ1n) is 18.6. The second-order valence-corrected chi connectivity index (χ2v) is 14.9. The topological polar surface area (TPSA) is 81.2 Å². The molecule has 13 heteroatoms. The van der Waals surface area contributed by atoms with Crippen molar-refractivity contribution in [1.82, 2.24) is 9.88 Å². The minimum atomic E-state index is -4.91. The van der Waals surface area contributed by atoms with Crippen LogP contribution in [0, 0.1) is 23.0 Å². The fraction of sp³-hybridized carbons (Fsp3) is 0.537. The Morgan fingerprint density at radius 1 is 0.963 bits per heavy atom. The molecule has 1 aromatic heterocycles. The molecule has 3 heterocycles. The number of hydrogen-bond donors (Lipinski definition) is 0. The van der Waals surface area contributed by atoms with Crippen molar-refractivity contribution in [3.05, 3.63) is 76.5 Å². The number of ether oxygens (including phenoxy) is 3. The Labute approximate surface area is 315 Å². The van der Waals surface area contributed by atoms with Gasteiger partial charge in [0.1, 0.15) is 23.8 Å². The van der Waals surface area contributed by atoms with Crippen molar-refractivity contribution >= 4 is 18.3 Å². The summed E-state index contributed by atoms with van der Waals surface area (Å²) in [6.45, 7) is 18.2. The summed E-state index contributed by atoms with van der Waals surface area (Å²) < 4.78 is 87.6. The highest BCUT2D eigenvalue weighted by Gasteiger charge is 2.54. The minimum absolute atomic E-state index is 0.116. The zero-order valence-electron chi connectivity index (χ0n) is 32.4. The van der Waals surface area contributed by atoms with Gasteiger partial charge in [-0.25, -0.2) is 18.6 Å². The van der Waals surface area contributed by atoms with Crippen LogP contribution in [0.2, 0.25) is 0 Å². The normalized spacial score (nSPS) is 18.5. The molecule has 1 spiro atoms. The number of fused-ring (bicyclic) bond motifs is 3. The minimum Gasteiger partial charge on any atom is -0.473 e. The number of anilines is 1. The van der Waals surface area contributed by atoms with Crippen molar-refractivity contribution < 1.29 is 45.8 Å². The van der Waals surface area contributed by atoms with E-state index in [0.717, 1.165) is 18.1 Å². The zero-order valence-corrected chi connectivity index (χ0v) is 32.4. The first-order chi connectivity index (χ1) is 25.5. The zero-order chi connectivity index (χ0) is 40.0. The molecule has 3 aromatic rings. The quantitative estimate of drug-likeness (QED) is 0.175. The third-order valence-corrected chi connectivity index (χ3v) is 9.27. The molecule has 54 heavy (non-hydrogen) atoms. The van der Waals surface area contributed by atoms with Crippen molar-refractivity contribution in [2.75, 3.05) is 37.7 Å². The van der Waals surface area contributed by atoms with Crippen molar-refractivity contribution in [2.24, 2.45) is 11.3 Å². The van der Waals surface area contributed by atoms with E-state index in [1.807, 2.05) is 18.7 Å². The van der Waals surface area contributed by atoms with Crippen LogP contribution in [0.15, 0.2) is 42.6 Å². The largest absolute Gasteiger partial charge is 0.473 e. The monoisotopic (exact) mass is 761 g/mol. The Balaban J connectivity index is 0.000000586. The van der Waals surface area contributed by atoms with Crippen LogP contribution in [0.1, 0.15) is 96.4 Å². The Hall–Kier alpha value is -4.42. The fourth-order valence-corrected chi connectivity index (χ4v) is 6.90. The number of alkyl halides is 3. The van der Waals surface area contributed by atoms with E-state index in [-0.39, 0.29) is 35.1 Å². The second-order valence-electron chi connectivity index (χ2n) is 14.9. The van der Waals surface area contributed by atoms with Crippen LogP contribution < -0.4 is 9.64 Å². The number of amides is 1. The third-order valence-electron chi connectivity index (χ3n) is 9.27. The molecular weight excluding hydrogens is 709 g/mol. The second kappa shape index (κ2) is 17.4. The molecule has 0 N–H and O–H groups in total. The molecule has 296 valence electrons. The summed E-state index contributed by atoms with van der Waals surface area (Å²) in [5.74, 6) is -0.470. The summed E-state index contributed by atoms with van der Waals surface area (Å²) in [5, 5.41) is 0. The number of likely N-dealkylation sites (tertiary alicyclic amines) is 1. The summed E-state index contributed by atoms with van der Waals surface area (Å²) in [7, 11) is 0. The van der Waals surface area contributed by atoms with Crippen molar-refractivity contribution in [2.45, 2.75) is 99.0 Å². The van der Waals surface area contributed by atoms with Gasteiger partial charge in [-0.2, -0.15) is 13.2 Å². The third kappa shape index (κ3) is 10.0. The van der Waals surface area contributed by atoms with Gasteiger partial charge >= 0.3 is 12.3 Å². The predicted molar refractivity (Wildman–Crippen MR) is 197 cm³/mol. The average molecular weight is 762 g/mol. The van der Waals surface area contributed by atoms with Gasteiger partial charge in [-0.3, -0.25) is 4.79 Å². The van der Waals surface area contributed by atoms with Crippen LogP contribution >= 0.6 is 0 Å². The lowest BCUT2D eigenvalue weighted by Gasteiger charge is -2.60. The molecule has 0 bridgehead atoms. The van der Waals surface area contributed by atoms with Crippen LogP contribution in [-0.4, -0.2) is 60.8 Å². The first kappa shape index (κ1) is 42.3. The molecule has 2 atom stereocenters. The summed E-state index contributed by atoms with van der Waals surface area (Å²) >= 11 is 0. The fourth-order valence-electron chi connectivity index (χ4n) is 6.90. The van der Waals surface area contributed by atoms with Gasteiger partial charge < -0.3 is 24.0 Å². The van der Waals surface area contributed by atoms with Gasteiger partial charge in [0, 0.05) is 60.7 Å². The SMILES string of the molecule is CC.CC(C)(C)OC(=O)N1CC2(C1)CN(c1ccc(-c3cc(COc4cc5c(cn4)C4CC4C5)c(F)cc3C(F)(F)F)c(F)c1)C2.CCC.CCOC=O. The Morgan fingerprint density at radius 3 is 2.19 bits per heavy atom. The lowest BCUT2D eigenvalue weighted by atomic mass is 9.73. The number of pyridine rings is 1. The molecule has 7 rings (SSSR count). The number of carbonyl (C=O) groups excluding carboxylic acids is 2. The molecule has 4 aliphatic rings. The molecule has 2 aliphatic carbocycles. The van der Waals surface area contributed by atoms with Gasteiger partial charge in [0.05, 0.1) is 12.2 Å². The molecule has 1 saturated carbocycles. The van der Waals surface area contributed by atoms with Gasteiger partial charge in [0.2, 0.25) is 5.88 Å². The summed E-state index contributed by atoms with van der Waals surface area (Å²) in [4.78, 5) is 29.3. The maximum absolute atomic E-state index is 15.5. The van der Waals surface area contributed by atoms with Crippen molar-refractivity contribution in [1.29, 1.82) is 0 Å². The van der Waals surface area contributed by atoms with E-state index < -0.39 is 34.5 Å². The van der Waals surface area contributed by atoms with Crippen molar-refractivity contribution in [3.63, 3.8) is 0 Å². The molecule has 3 fully saturated rings. The molecule has 2 aromatic carbocycles. The highest BCUT2D eigenvalue weighted by atomic mass is 19.4. The van der Waals surface area contributed by atoms with E-state index >= 15 is 4.39 Å².